The smallest absolute Gasteiger partial charge is 0.333 e. The molecule has 2 N–H and O–H groups in total. The molecule has 0 spiro atoms. The first-order chi connectivity index (χ1) is 11.3. The number of aromatic hydroxyl groups is 1. The van der Waals surface area contributed by atoms with E-state index >= 15 is 0 Å². The van der Waals surface area contributed by atoms with Crippen molar-refractivity contribution < 1.29 is 9.90 Å². The number of unbranched alkanes of at least 4 members (excludes halogenated alkanes) is 3. The average Bonchev–Trinajstić information content (AvgIpc) is 2.58. The van der Waals surface area contributed by atoms with Crippen LogP contribution in [0.1, 0.15) is 57.9 Å². The van der Waals surface area contributed by atoms with E-state index in [0.717, 1.165) is 34.8 Å². The SMILES string of the molecule is CCCCCCC(=O)NN=C(CC)c1c(O)n(C)c(=O)n(C)c1=O. The van der Waals surface area contributed by atoms with Gasteiger partial charge in [-0.1, -0.05) is 33.1 Å². The molecule has 8 heteroatoms. The molecule has 1 aromatic heterocycles. The number of hydrogen-bond donors (Lipinski definition) is 2. The van der Waals surface area contributed by atoms with Crippen molar-refractivity contribution in [1.29, 1.82) is 0 Å². The second kappa shape index (κ2) is 9.05. The largest absolute Gasteiger partial charge is 0.494 e. The van der Waals surface area contributed by atoms with Crippen LogP contribution in [-0.2, 0) is 18.9 Å². The van der Waals surface area contributed by atoms with Crippen LogP contribution in [0.3, 0.4) is 0 Å². The highest BCUT2D eigenvalue weighted by Gasteiger charge is 2.19. The lowest BCUT2D eigenvalue weighted by atomic mass is 10.1. The van der Waals surface area contributed by atoms with E-state index in [9.17, 15) is 19.5 Å². The van der Waals surface area contributed by atoms with Crippen molar-refractivity contribution in [3.05, 3.63) is 26.4 Å². The van der Waals surface area contributed by atoms with Crippen molar-refractivity contribution in [2.24, 2.45) is 19.2 Å². The summed E-state index contributed by atoms with van der Waals surface area (Å²) in [7, 11) is 2.69. The molecule has 0 bridgehead atoms. The summed E-state index contributed by atoms with van der Waals surface area (Å²) >= 11 is 0. The lowest BCUT2D eigenvalue weighted by Crippen LogP contribution is -2.40. The van der Waals surface area contributed by atoms with E-state index in [-0.39, 0.29) is 17.2 Å². The fraction of sp³-hybridized carbons (Fsp3) is 0.625. The maximum Gasteiger partial charge on any atom is 0.333 e. The van der Waals surface area contributed by atoms with Gasteiger partial charge in [-0.3, -0.25) is 18.7 Å². The first-order valence-corrected chi connectivity index (χ1v) is 8.19. The summed E-state index contributed by atoms with van der Waals surface area (Å²) in [5.41, 5.74) is 1.30. The van der Waals surface area contributed by atoms with Crippen LogP contribution in [0.5, 0.6) is 5.88 Å². The molecule has 0 atom stereocenters. The molecule has 1 rings (SSSR count). The van der Waals surface area contributed by atoms with Crippen LogP contribution in [0.15, 0.2) is 14.7 Å². The van der Waals surface area contributed by atoms with Crippen molar-refractivity contribution in [1.82, 2.24) is 14.6 Å². The fourth-order valence-corrected chi connectivity index (χ4v) is 2.30. The Labute approximate surface area is 140 Å². The number of hydrogen-bond acceptors (Lipinski definition) is 5. The molecule has 24 heavy (non-hydrogen) atoms. The number of aromatic nitrogens is 2. The number of carbonyl (C=O) groups is 1. The summed E-state index contributed by atoms with van der Waals surface area (Å²) in [6.45, 7) is 3.84. The highest BCUT2D eigenvalue weighted by Crippen LogP contribution is 2.12. The Morgan fingerprint density at radius 3 is 2.38 bits per heavy atom. The van der Waals surface area contributed by atoms with Crippen LogP contribution in [0.2, 0.25) is 0 Å². The monoisotopic (exact) mass is 338 g/mol. The summed E-state index contributed by atoms with van der Waals surface area (Å²) in [6.07, 6.45) is 4.61. The number of nitrogens with zero attached hydrogens (tertiary/aromatic N) is 3. The van der Waals surface area contributed by atoms with Gasteiger partial charge >= 0.3 is 5.69 Å². The Morgan fingerprint density at radius 2 is 1.79 bits per heavy atom. The predicted octanol–water partition coefficient (Wildman–Crippen LogP) is 0.990. The van der Waals surface area contributed by atoms with Gasteiger partial charge in [0.15, 0.2) is 0 Å². The van der Waals surface area contributed by atoms with E-state index in [2.05, 4.69) is 17.5 Å². The molecular formula is C16H26N4O4. The maximum atomic E-state index is 12.2. The number of nitrogens with one attached hydrogen (secondary N) is 1. The highest BCUT2D eigenvalue weighted by atomic mass is 16.3. The summed E-state index contributed by atoms with van der Waals surface area (Å²) in [4.78, 5) is 35.8. The number of carbonyl (C=O) groups excluding carboxylic acids is 1. The van der Waals surface area contributed by atoms with Crippen LogP contribution in [-0.4, -0.2) is 25.9 Å². The predicted molar refractivity (Wildman–Crippen MR) is 92.3 cm³/mol. The first-order valence-electron chi connectivity index (χ1n) is 8.19. The molecule has 1 aromatic rings. The average molecular weight is 338 g/mol. The molecule has 1 heterocycles. The highest BCUT2D eigenvalue weighted by molar-refractivity contribution is 6.02. The molecule has 134 valence electrons. The normalized spacial score (nSPS) is 11.6. The van der Waals surface area contributed by atoms with Crippen molar-refractivity contribution in [3.63, 3.8) is 0 Å². The van der Waals surface area contributed by atoms with Crippen LogP contribution in [0.25, 0.3) is 0 Å². The number of hydrazone groups is 1. The third-order valence-electron chi connectivity index (χ3n) is 3.83. The lowest BCUT2D eigenvalue weighted by Gasteiger charge is -2.11. The van der Waals surface area contributed by atoms with E-state index in [0.29, 0.717) is 12.8 Å². The van der Waals surface area contributed by atoms with Gasteiger partial charge in [0.25, 0.3) is 5.56 Å². The quantitative estimate of drug-likeness (QED) is 0.419. The minimum absolute atomic E-state index is 0.0756. The van der Waals surface area contributed by atoms with Gasteiger partial charge in [0, 0.05) is 20.5 Å². The molecule has 0 aliphatic rings. The minimum atomic E-state index is -0.645. The Bertz CT molecular complexity index is 731. The van der Waals surface area contributed by atoms with Crippen LogP contribution in [0.4, 0.5) is 0 Å². The van der Waals surface area contributed by atoms with Crippen LogP contribution in [0, 0.1) is 0 Å². The third kappa shape index (κ3) is 4.56. The van der Waals surface area contributed by atoms with E-state index in [1.165, 1.54) is 14.1 Å². The van der Waals surface area contributed by atoms with Gasteiger partial charge < -0.3 is 5.11 Å². The fourth-order valence-electron chi connectivity index (χ4n) is 2.30. The molecule has 0 aliphatic heterocycles. The van der Waals surface area contributed by atoms with E-state index < -0.39 is 17.1 Å². The molecular weight excluding hydrogens is 312 g/mol. The Morgan fingerprint density at radius 1 is 1.12 bits per heavy atom. The topological polar surface area (TPSA) is 106 Å². The zero-order valence-electron chi connectivity index (χ0n) is 14.8. The summed E-state index contributed by atoms with van der Waals surface area (Å²) in [6, 6.07) is 0. The number of amides is 1. The zero-order valence-corrected chi connectivity index (χ0v) is 14.8. The standard InChI is InChI=1S/C16H26N4O4/c1-5-7-8-9-10-12(21)18-17-11(6-2)13-14(22)19(3)16(24)20(4)15(13)23/h22H,5-10H2,1-4H3,(H,18,21). The van der Waals surface area contributed by atoms with Gasteiger partial charge in [-0.25, -0.2) is 10.2 Å². The second-order valence-corrected chi connectivity index (χ2v) is 5.66. The van der Waals surface area contributed by atoms with Gasteiger partial charge in [-0.05, 0) is 12.8 Å². The number of rotatable bonds is 8. The minimum Gasteiger partial charge on any atom is -0.494 e. The second-order valence-electron chi connectivity index (χ2n) is 5.66. The van der Waals surface area contributed by atoms with E-state index in [1.807, 2.05) is 0 Å². The van der Waals surface area contributed by atoms with Crippen molar-refractivity contribution >= 4 is 11.6 Å². The third-order valence-corrected chi connectivity index (χ3v) is 3.83. The summed E-state index contributed by atoms with van der Waals surface area (Å²) in [5.74, 6) is -0.695. The Kier molecular flexibility index (Phi) is 7.41. The van der Waals surface area contributed by atoms with Gasteiger partial charge in [0.2, 0.25) is 11.8 Å². The Hall–Kier alpha value is -2.38. The van der Waals surface area contributed by atoms with E-state index in [1.54, 1.807) is 6.92 Å². The first kappa shape index (κ1) is 19.7. The Balaban J connectivity index is 3.01. The molecule has 8 nitrogen and oxygen atoms in total. The van der Waals surface area contributed by atoms with Gasteiger partial charge in [0.05, 0.1) is 5.71 Å². The molecule has 1 amide bonds. The van der Waals surface area contributed by atoms with Crippen molar-refractivity contribution in [3.8, 4) is 5.88 Å². The van der Waals surface area contributed by atoms with Crippen LogP contribution < -0.4 is 16.7 Å². The summed E-state index contributed by atoms with van der Waals surface area (Å²) < 4.78 is 1.86. The summed E-state index contributed by atoms with van der Waals surface area (Å²) in [5, 5.41) is 14.1. The maximum absolute atomic E-state index is 12.2. The van der Waals surface area contributed by atoms with Crippen LogP contribution >= 0.6 is 0 Å². The lowest BCUT2D eigenvalue weighted by molar-refractivity contribution is -0.121. The molecule has 0 aliphatic carbocycles. The zero-order chi connectivity index (χ0) is 18.3. The van der Waals surface area contributed by atoms with E-state index in [4.69, 9.17) is 0 Å². The molecule has 0 saturated carbocycles. The van der Waals surface area contributed by atoms with Crippen molar-refractivity contribution in [2.45, 2.75) is 52.4 Å². The van der Waals surface area contributed by atoms with Crippen molar-refractivity contribution in [2.75, 3.05) is 0 Å². The molecule has 0 radical (unpaired) electrons. The van der Waals surface area contributed by atoms with Gasteiger partial charge in [-0.2, -0.15) is 5.10 Å². The molecule has 0 unspecified atom stereocenters. The molecule has 0 saturated heterocycles. The molecule has 0 aromatic carbocycles. The molecule has 0 fully saturated rings. The van der Waals surface area contributed by atoms with Gasteiger partial charge in [0.1, 0.15) is 5.56 Å². The van der Waals surface area contributed by atoms with Gasteiger partial charge in [-0.15, -0.1) is 0 Å².